The maximum Gasteiger partial charge on any atom is 0.231 e. The number of hydrogen-bond acceptors (Lipinski definition) is 3. The molecule has 1 aliphatic rings. The molecule has 0 spiro atoms. The second kappa shape index (κ2) is 7.64. The summed E-state index contributed by atoms with van der Waals surface area (Å²) in [5.74, 6) is 1.88. The summed E-state index contributed by atoms with van der Waals surface area (Å²) in [6.45, 7) is 1.26. The van der Waals surface area contributed by atoms with Crippen LogP contribution in [0.5, 0.6) is 11.5 Å². The largest absolute Gasteiger partial charge is 0.454 e. The van der Waals surface area contributed by atoms with Crippen LogP contribution in [0.3, 0.4) is 0 Å². The molecule has 0 radical (unpaired) electrons. The van der Waals surface area contributed by atoms with Gasteiger partial charge in [-0.1, -0.05) is 34.8 Å². The summed E-state index contributed by atoms with van der Waals surface area (Å²) in [5.41, 5.74) is 1.91. The van der Waals surface area contributed by atoms with Crippen LogP contribution in [0.1, 0.15) is 11.3 Å². The number of benzene rings is 1. The fraction of sp³-hybridized carbons (Fsp3) is 0.312. The van der Waals surface area contributed by atoms with Crippen LogP contribution in [0.15, 0.2) is 23.2 Å². The van der Waals surface area contributed by atoms with Gasteiger partial charge in [0.15, 0.2) is 17.5 Å². The van der Waals surface area contributed by atoms with Gasteiger partial charge in [0.25, 0.3) is 0 Å². The molecule has 1 aliphatic heterocycles. The summed E-state index contributed by atoms with van der Waals surface area (Å²) >= 11 is 18.3. The molecule has 2 heterocycles. The second-order valence-corrected chi connectivity index (χ2v) is 6.60. The Kier molecular flexibility index (Phi) is 5.51. The molecule has 1 aromatic carbocycles. The fourth-order valence-corrected chi connectivity index (χ4v) is 3.17. The van der Waals surface area contributed by atoms with Gasteiger partial charge in [0.2, 0.25) is 6.79 Å². The number of nitrogens with zero attached hydrogens (tertiary/aromatic N) is 2. The predicted octanol–water partition coefficient (Wildman–Crippen LogP) is 3.58. The predicted molar refractivity (Wildman–Crippen MR) is 100 cm³/mol. The smallest absolute Gasteiger partial charge is 0.231 e. The van der Waals surface area contributed by atoms with Crippen molar-refractivity contribution >= 4 is 40.8 Å². The molecule has 2 aromatic rings. The minimum absolute atomic E-state index is 0.191. The lowest BCUT2D eigenvalue weighted by Gasteiger charge is -2.13. The van der Waals surface area contributed by atoms with E-state index in [1.807, 2.05) is 29.8 Å². The number of aliphatic imine (C=N–C) groups is 1. The van der Waals surface area contributed by atoms with Gasteiger partial charge in [-0.15, -0.1) is 0 Å². The van der Waals surface area contributed by atoms with Crippen molar-refractivity contribution in [1.29, 1.82) is 0 Å². The number of nitrogens with one attached hydrogen (secondary N) is 2. The summed E-state index contributed by atoms with van der Waals surface area (Å²) in [6, 6.07) is 5.55. The fourth-order valence-electron chi connectivity index (χ4n) is 2.46. The lowest BCUT2D eigenvalue weighted by atomic mass is 10.2. The molecule has 3 rings (SSSR count). The first-order valence-corrected chi connectivity index (χ1v) is 8.65. The van der Waals surface area contributed by atoms with Crippen molar-refractivity contribution in [2.24, 2.45) is 12.0 Å². The van der Waals surface area contributed by atoms with Crippen LogP contribution >= 0.6 is 34.8 Å². The Labute approximate surface area is 160 Å². The molecule has 6 nitrogen and oxygen atoms in total. The Balaban J connectivity index is 1.60. The van der Waals surface area contributed by atoms with Crippen LogP contribution in [-0.4, -0.2) is 24.4 Å². The average Bonchev–Trinajstić information content (AvgIpc) is 3.16. The minimum Gasteiger partial charge on any atom is -0.454 e. The Hall–Kier alpha value is -1.76. The Morgan fingerprint density at radius 3 is 2.56 bits per heavy atom. The third-order valence-corrected chi connectivity index (χ3v) is 4.95. The number of rotatable bonds is 4. The standard InChI is InChI=1S/C16H17Cl3N4O2/c1-20-16(22-7-10-5-12(18)15(19)23(10)2)21-6-9-3-11(17)14-13(4-9)24-8-25-14/h3-5H,6-8H2,1-2H3,(H2,20,21,22). The van der Waals surface area contributed by atoms with E-state index >= 15 is 0 Å². The molecule has 1 aromatic heterocycles. The van der Waals surface area contributed by atoms with Gasteiger partial charge in [0.1, 0.15) is 5.15 Å². The van der Waals surface area contributed by atoms with Gasteiger partial charge in [-0.05, 0) is 23.8 Å². The van der Waals surface area contributed by atoms with E-state index < -0.39 is 0 Å². The summed E-state index contributed by atoms with van der Waals surface area (Å²) < 4.78 is 12.5. The topological polar surface area (TPSA) is 59.8 Å². The van der Waals surface area contributed by atoms with Crippen molar-refractivity contribution in [3.63, 3.8) is 0 Å². The van der Waals surface area contributed by atoms with E-state index in [1.54, 1.807) is 7.05 Å². The highest BCUT2D eigenvalue weighted by Crippen LogP contribution is 2.39. The minimum atomic E-state index is 0.191. The molecule has 25 heavy (non-hydrogen) atoms. The maximum atomic E-state index is 6.19. The summed E-state index contributed by atoms with van der Waals surface area (Å²) in [7, 11) is 3.56. The van der Waals surface area contributed by atoms with E-state index in [2.05, 4.69) is 15.6 Å². The molecule has 134 valence electrons. The van der Waals surface area contributed by atoms with E-state index in [1.165, 1.54) is 0 Å². The van der Waals surface area contributed by atoms with Crippen LogP contribution in [0.4, 0.5) is 0 Å². The molecule has 0 fully saturated rings. The highest BCUT2D eigenvalue weighted by Gasteiger charge is 2.18. The number of ether oxygens (including phenoxy) is 2. The molecular formula is C16H17Cl3N4O2. The molecule has 2 N–H and O–H groups in total. The molecule has 0 amide bonds. The zero-order valence-electron chi connectivity index (χ0n) is 13.7. The van der Waals surface area contributed by atoms with Crippen molar-refractivity contribution in [1.82, 2.24) is 15.2 Å². The Morgan fingerprint density at radius 1 is 1.12 bits per heavy atom. The Bertz CT molecular complexity index is 820. The lowest BCUT2D eigenvalue weighted by Crippen LogP contribution is -2.36. The van der Waals surface area contributed by atoms with Crippen molar-refractivity contribution < 1.29 is 9.47 Å². The molecule has 0 aliphatic carbocycles. The number of halogens is 3. The third-order valence-electron chi connectivity index (χ3n) is 3.82. The molecule has 0 bridgehead atoms. The first kappa shape index (κ1) is 18.0. The average molecular weight is 404 g/mol. The number of fused-ring (bicyclic) bond motifs is 1. The highest BCUT2D eigenvalue weighted by atomic mass is 35.5. The zero-order chi connectivity index (χ0) is 18.0. The third kappa shape index (κ3) is 3.92. The van der Waals surface area contributed by atoms with Crippen LogP contribution in [0.2, 0.25) is 15.2 Å². The number of guanidine groups is 1. The van der Waals surface area contributed by atoms with Crippen LogP contribution in [0.25, 0.3) is 0 Å². The van der Waals surface area contributed by atoms with Crippen molar-refractivity contribution in [3.05, 3.63) is 44.7 Å². The lowest BCUT2D eigenvalue weighted by molar-refractivity contribution is 0.174. The quantitative estimate of drug-likeness (QED) is 0.605. The van der Waals surface area contributed by atoms with Gasteiger partial charge in [0, 0.05) is 26.3 Å². The van der Waals surface area contributed by atoms with E-state index in [4.69, 9.17) is 44.3 Å². The van der Waals surface area contributed by atoms with E-state index in [9.17, 15) is 0 Å². The summed E-state index contributed by atoms with van der Waals surface area (Å²) in [4.78, 5) is 4.20. The van der Waals surface area contributed by atoms with E-state index in [0.29, 0.717) is 45.7 Å². The SMILES string of the molecule is CN=C(NCc1cc(Cl)c2c(c1)OCO2)NCc1cc(Cl)c(Cl)n1C. The number of hydrogen-bond donors (Lipinski definition) is 2. The van der Waals surface area contributed by atoms with Gasteiger partial charge in [0.05, 0.1) is 16.6 Å². The monoisotopic (exact) mass is 402 g/mol. The van der Waals surface area contributed by atoms with E-state index in [0.717, 1.165) is 11.3 Å². The molecule has 0 saturated carbocycles. The molecule has 9 heteroatoms. The summed E-state index contributed by atoms with van der Waals surface area (Å²) in [5, 5.41) is 8.01. The number of aromatic nitrogens is 1. The van der Waals surface area contributed by atoms with Gasteiger partial charge in [-0.2, -0.15) is 0 Å². The van der Waals surface area contributed by atoms with Gasteiger partial charge in [-0.25, -0.2) is 0 Å². The molecule has 0 unspecified atom stereocenters. The molecular weight excluding hydrogens is 387 g/mol. The first-order valence-electron chi connectivity index (χ1n) is 7.51. The van der Waals surface area contributed by atoms with E-state index in [-0.39, 0.29) is 6.79 Å². The van der Waals surface area contributed by atoms with Crippen molar-refractivity contribution in [2.75, 3.05) is 13.8 Å². The van der Waals surface area contributed by atoms with Crippen LogP contribution in [0, 0.1) is 0 Å². The highest BCUT2D eigenvalue weighted by molar-refractivity contribution is 6.41. The second-order valence-electron chi connectivity index (χ2n) is 5.42. The maximum absolute atomic E-state index is 6.19. The summed E-state index contributed by atoms with van der Waals surface area (Å²) in [6.07, 6.45) is 0. The van der Waals surface area contributed by atoms with Gasteiger partial charge in [-0.3, -0.25) is 4.99 Å². The zero-order valence-corrected chi connectivity index (χ0v) is 16.0. The first-order chi connectivity index (χ1) is 12.0. The van der Waals surface area contributed by atoms with Crippen molar-refractivity contribution in [2.45, 2.75) is 13.1 Å². The normalized spacial score (nSPS) is 13.2. The molecule has 0 saturated heterocycles. The molecule has 0 atom stereocenters. The van der Waals surface area contributed by atoms with Crippen molar-refractivity contribution in [3.8, 4) is 11.5 Å². The Morgan fingerprint density at radius 2 is 1.88 bits per heavy atom. The van der Waals surface area contributed by atoms with Gasteiger partial charge >= 0.3 is 0 Å². The van der Waals surface area contributed by atoms with Crippen LogP contribution in [-0.2, 0) is 20.1 Å². The van der Waals surface area contributed by atoms with Gasteiger partial charge < -0.3 is 24.7 Å². The van der Waals surface area contributed by atoms with Crippen LogP contribution < -0.4 is 20.1 Å².